The summed E-state index contributed by atoms with van der Waals surface area (Å²) in [7, 11) is 1.71. The van der Waals surface area contributed by atoms with Crippen LogP contribution in [0.3, 0.4) is 0 Å². The average molecular weight is 251 g/mol. The Morgan fingerprint density at radius 2 is 2.41 bits per heavy atom. The van der Waals surface area contributed by atoms with Gasteiger partial charge in [-0.05, 0) is 17.5 Å². The zero-order valence-electron chi connectivity index (χ0n) is 9.93. The number of aromatic nitrogens is 2. The molecule has 17 heavy (non-hydrogen) atoms. The van der Waals surface area contributed by atoms with Crippen molar-refractivity contribution in [1.29, 1.82) is 0 Å². The van der Waals surface area contributed by atoms with Gasteiger partial charge in [-0.15, -0.1) is 11.3 Å². The van der Waals surface area contributed by atoms with Gasteiger partial charge < -0.3 is 10.1 Å². The molecule has 0 saturated carbocycles. The summed E-state index contributed by atoms with van der Waals surface area (Å²) in [6.07, 6.45) is 1.85. The van der Waals surface area contributed by atoms with Crippen molar-refractivity contribution in [3.8, 4) is 0 Å². The van der Waals surface area contributed by atoms with Crippen LogP contribution in [0, 0.1) is 0 Å². The van der Waals surface area contributed by atoms with Crippen molar-refractivity contribution >= 4 is 11.3 Å². The van der Waals surface area contributed by atoms with E-state index in [2.05, 4.69) is 27.9 Å². The number of ether oxygens (including phenoxy) is 1. The molecule has 0 amide bonds. The Morgan fingerprint density at radius 1 is 1.47 bits per heavy atom. The topological polar surface area (TPSA) is 39.1 Å². The highest BCUT2D eigenvalue weighted by Gasteiger charge is 2.03. The van der Waals surface area contributed by atoms with Gasteiger partial charge in [-0.25, -0.2) is 0 Å². The summed E-state index contributed by atoms with van der Waals surface area (Å²) in [5.41, 5.74) is 1.20. The molecule has 2 aromatic heterocycles. The number of hydrogen-bond donors (Lipinski definition) is 1. The largest absolute Gasteiger partial charge is 0.383 e. The maximum absolute atomic E-state index is 4.99. The third-order valence-corrected chi connectivity index (χ3v) is 3.34. The molecule has 2 heterocycles. The standard InChI is InChI=1S/C12H17N3OS/c1-16-7-6-13-9-11-4-5-14-15(11)10-12-3-2-8-17-12/h2-5,8,13H,6-7,9-10H2,1H3. The number of rotatable bonds is 7. The highest BCUT2D eigenvalue weighted by atomic mass is 32.1. The fourth-order valence-electron chi connectivity index (χ4n) is 1.59. The van der Waals surface area contributed by atoms with Crippen molar-refractivity contribution < 1.29 is 4.74 Å². The van der Waals surface area contributed by atoms with Crippen LogP contribution in [0.1, 0.15) is 10.6 Å². The van der Waals surface area contributed by atoms with E-state index in [1.54, 1.807) is 18.4 Å². The molecule has 5 heteroatoms. The van der Waals surface area contributed by atoms with Crippen molar-refractivity contribution in [2.75, 3.05) is 20.3 Å². The number of hydrogen-bond acceptors (Lipinski definition) is 4. The van der Waals surface area contributed by atoms with Crippen molar-refractivity contribution in [1.82, 2.24) is 15.1 Å². The molecule has 0 fully saturated rings. The minimum absolute atomic E-state index is 0.735. The molecule has 0 aliphatic carbocycles. The maximum atomic E-state index is 4.99. The van der Waals surface area contributed by atoms with Crippen LogP contribution in [0.5, 0.6) is 0 Å². The van der Waals surface area contributed by atoms with Gasteiger partial charge >= 0.3 is 0 Å². The van der Waals surface area contributed by atoms with Crippen LogP contribution in [0.2, 0.25) is 0 Å². The molecule has 0 unspecified atom stereocenters. The molecule has 2 aromatic rings. The van der Waals surface area contributed by atoms with Crippen molar-refractivity contribution in [3.05, 3.63) is 40.3 Å². The van der Waals surface area contributed by atoms with Gasteiger partial charge in [0.25, 0.3) is 0 Å². The summed E-state index contributed by atoms with van der Waals surface area (Å²) in [6, 6.07) is 6.25. The summed E-state index contributed by atoms with van der Waals surface area (Å²) >= 11 is 1.76. The predicted molar refractivity (Wildman–Crippen MR) is 69.2 cm³/mol. The second kappa shape index (κ2) is 6.54. The molecule has 0 bridgehead atoms. The summed E-state index contributed by atoms with van der Waals surface area (Å²) in [4.78, 5) is 1.33. The smallest absolute Gasteiger partial charge is 0.0755 e. The number of nitrogens with one attached hydrogen (secondary N) is 1. The lowest BCUT2D eigenvalue weighted by Gasteiger charge is -2.07. The quantitative estimate of drug-likeness (QED) is 0.762. The first-order valence-corrected chi connectivity index (χ1v) is 6.51. The second-order valence-electron chi connectivity index (χ2n) is 3.73. The molecule has 1 N–H and O–H groups in total. The molecule has 0 saturated heterocycles. The third-order valence-electron chi connectivity index (χ3n) is 2.48. The van der Waals surface area contributed by atoms with Gasteiger partial charge in [-0.2, -0.15) is 5.10 Å². The van der Waals surface area contributed by atoms with Gasteiger partial charge in [0.1, 0.15) is 0 Å². The first-order valence-electron chi connectivity index (χ1n) is 5.63. The molecular weight excluding hydrogens is 234 g/mol. The molecule has 0 spiro atoms. The molecule has 0 aliphatic heterocycles. The zero-order chi connectivity index (χ0) is 11.9. The highest BCUT2D eigenvalue weighted by molar-refractivity contribution is 7.09. The normalized spacial score (nSPS) is 10.9. The molecular formula is C12H17N3OS. The van der Waals surface area contributed by atoms with E-state index in [-0.39, 0.29) is 0 Å². The molecule has 0 radical (unpaired) electrons. The third kappa shape index (κ3) is 3.66. The number of nitrogens with zero attached hydrogens (tertiary/aromatic N) is 2. The minimum atomic E-state index is 0.735. The molecule has 0 atom stereocenters. The van der Waals surface area contributed by atoms with Gasteiger partial charge in [0, 0.05) is 31.3 Å². The summed E-state index contributed by atoms with van der Waals surface area (Å²) in [5, 5.41) is 9.76. The highest BCUT2D eigenvalue weighted by Crippen LogP contribution is 2.11. The fourth-order valence-corrected chi connectivity index (χ4v) is 2.28. The van der Waals surface area contributed by atoms with E-state index in [0.717, 1.165) is 26.2 Å². The average Bonchev–Trinajstić information content (AvgIpc) is 2.97. The Kier molecular flexibility index (Phi) is 4.73. The lowest BCUT2D eigenvalue weighted by atomic mass is 10.4. The number of methoxy groups -OCH3 is 1. The van der Waals surface area contributed by atoms with Gasteiger partial charge in [0.2, 0.25) is 0 Å². The van der Waals surface area contributed by atoms with Crippen molar-refractivity contribution in [3.63, 3.8) is 0 Å². The van der Waals surface area contributed by atoms with E-state index in [4.69, 9.17) is 4.74 Å². The fraction of sp³-hybridized carbons (Fsp3) is 0.417. The van der Waals surface area contributed by atoms with E-state index in [1.807, 2.05) is 16.9 Å². The predicted octanol–water partition coefficient (Wildman–Crippen LogP) is 1.73. The van der Waals surface area contributed by atoms with E-state index in [9.17, 15) is 0 Å². The second-order valence-corrected chi connectivity index (χ2v) is 4.76. The van der Waals surface area contributed by atoms with E-state index >= 15 is 0 Å². The van der Waals surface area contributed by atoms with Gasteiger partial charge in [-0.1, -0.05) is 6.07 Å². The van der Waals surface area contributed by atoms with E-state index < -0.39 is 0 Å². The first kappa shape index (κ1) is 12.3. The van der Waals surface area contributed by atoms with Gasteiger partial charge in [-0.3, -0.25) is 4.68 Å². The van der Waals surface area contributed by atoms with Crippen molar-refractivity contribution in [2.24, 2.45) is 0 Å². The van der Waals surface area contributed by atoms with Crippen LogP contribution in [0.15, 0.2) is 29.8 Å². The van der Waals surface area contributed by atoms with Crippen LogP contribution >= 0.6 is 11.3 Å². The lowest BCUT2D eigenvalue weighted by molar-refractivity contribution is 0.199. The summed E-state index contributed by atoms with van der Waals surface area (Å²) in [6.45, 7) is 3.28. The maximum Gasteiger partial charge on any atom is 0.0755 e. The van der Waals surface area contributed by atoms with Crippen LogP contribution in [-0.4, -0.2) is 30.0 Å². The van der Waals surface area contributed by atoms with Gasteiger partial charge in [0.15, 0.2) is 0 Å². The monoisotopic (exact) mass is 251 g/mol. The number of thiophene rings is 1. The molecule has 2 rings (SSSR count). The summed E-state index contributed by atoms with van der Waals surface area (Å²) < 4.78 is 7.03. The first-order chi connectivity index (χ1) is 8.40. The van der Waals surface area contributed by atoms with Crippen LogP contribution < -0.4 is 5.32 Å². The molecule has 92 valence electrons. The Balaban J connectivity index is 1.88. The van der Waals surface area contributed by atoms with Crippen molar-refractivity contribution in [2.45, 2.75) is 13.1 Å². The lowest BCUT2D eigenvalue weighted by Crippen LogP contribution is -2.20. The van der Waals surface area contributed by atoms with Gasteiger partial charge in [0.05, 0.1) is 18.8 Å². The van der Waals surface area contributed by atoms with Crippen LogP contribution in [-0.2, 0) is 17.8 Å². The van der Waals surface area contributed by atoms with Crippen LogP contribution in [0.4, 0.5) is 0 Å². The van der Waals surface area contributed by atoms with Crippen LogP contribution in [0.25, 0.3) is 0 Å². The molecule has 0 aliphatic rings. The SMILES string of the molecule is COCCNCc1ccnn1Cc1cccs1. The van der Waals surface area contributed by atoms with E-state index in [0.29, 0.717) is 0 Å². The Hall–Kier alpha value is -1.17. The zero-order valence-corrected chi connectivity index (χ0v) is 10.7. The minimum Gasteiger partial charge on any atom is -0.383 e. The summed E-state index contributed by atoms with van der Waals surface area (Å²) in [5.74, 6) is 0. The molecule has 4 nitrogen and oxygen atoms in total. The van der Waals surface area contributed by atoms with E-state index in [1.165, 1.54) is 10.6 Å². The Morgan fingerprint density at radius 3 is 3.18 bits per heavy atom. The Bertz CT molecular complexity index is 425. The Labute approximate surface area is 105 Å². The molecule has 0 aromatic carbocycles.